The molecule has 1 heterocycles. The van der Waals surface area contributed by atoms with Gasteiger partial charge in [-0.3, -0.25) is 9.10 Å². The fourth-order valence-electron chi connectivity index (χ4n) is 4.03. The van der Waals surface area contributed by atoms with Crippen molar-refractivity contribution in [3.63, 3.8) is 0 Å². The Hall–Kier alpha value is -3.12. The predicted octanol–water partition coefficient (Wildman–Crippen LogP) is 5.17. The van der Waals surface area contributed by atoms with Gasteiger partial charge in [-0.1, -0.05) is 67.9 Å². The molecule has 1 unspecified atom stereocenters. The Morgan fingerprint density at radius 1 is 0.906 bits per heavy atom. The molecule has 1 N–H and O–H groups in total. The number of anilines is 1. The molecule has 5 nitrogen and oxygen atoms in total. The minimum Gasteiger partial charge on any atom is -0.348 e. The molecular weight excluding hydrogens is 420 g/mol. The number of fused-ring (bicyclic) bond motifs is 3. The molecule has 0 fully saturated rings. The number of rotatable bonds is 5. The standard InChI is InChI=1S/C26H28N2O3S/c1-17(2)21-13-14-24-23(15-21)22-7-5-6-8-25(22)32(30,31)28(24)16-26(29)27-19(4)20-11-9-18(3)10-12-20/h5-15,17,19H,16H2,1-4H3,(H,27,29). The zero-order chi connectivity index (χ0) is 23.0. The van der Waals surface area contributed by atoms with Gasteiger partial charge in [0.15, 0.2) is 0 Å². The van der Waals surface area contributed by atoms with E-state index in [-0.39, 0.29) is 23.4 Å². The van der Waals surface area contributed by atoms with Gasteiger partial charge in [0.1, 0.15) is 6.54 Å². The number of sulfonamides is 1. The molecular formula is C26H28N2O3S. The zero-order valence-electron chi connectivity index (χ0n) is 18.8. The van der Waals surface area contributed by atoms with Crippen molar-refractivity contribution >= 4 is 21.6 Å². The van der Waals surface area contributed by atoms with Gasteiger partial charge in [0, 0.05) is 11.1 Å². The summed E-state index contributed by atoms with van der Waals surface area (Å²) < 4.78 is 28.1. The lowest BCUT2D eigenvalue weighted by Crippen LogP contribution is -2.43. The highest BCUT2D eigenvalue weighted by Gasteiger charge is 2.36. The van der Waals surface area contributed by atoms with Crippen LogP contribution < -0.4 is 9.62 Å². The Bertz CT molecular complexity index is 1260. The van der Waals surface area contributed by atoms with Gasteiger partial charge in [-0.25, -0.2) is 8.42 Å². The number of carbonyl (C=O) groups is 1. The summed E-state index contributed by atoms with van der Waals surface area (Å²) in [5.41, 5.74) is 5.28. The first-order chi connectivity index (χ1) is 15.2. The van der Waals surface area contributed by atoms with Crippen molar-refractivity contribution in [1.82, 2.24) is 5.32 Å². The van der Waals surface area contributed by atoms with Crippen LogP contribution in [0.4, 0.5) is 5.69 Å². The zero-order valence-corrected chi connectivity index (χ0v) is 19.6. The molecule has 6 heteroatoms. The number of hydrogen-bond acceptors (Lipinski definition) is 3. The van der Waals surface area contributed by atoms with Gasteiger partial charge in [0.2, 0.25) is 5.91 Å². The third-order valence-electron chi connectivity index (χ3n) is 5.94. The van der Waals surface area contributed by atoms with E-state index in [1.165, 1.54) is 4.31 Å². The minimum atomic E-state index is -3.86. The van der Waals surface area contributed by atoms with E-state index in [1.54, 1.807) is 12.1 Å². The minimum absolute atomic E-state index is 0.229. The van der Waals surface area contributed by atoms with Crippen molar-refractivity contribution in [3.8, 4) is 11.1 Å². The molecule has 1 aliphatic rings. The van der Waals surface area contributed by atoms with Crippen molar-refractivity contribution in [3.05, 3.63) is 83.4 Å². The quantitative estimate of drug-likeness (QED) is 0.585. The van der Waals surface area contributed by atoms with Gasteiger partial charge in [-0.2, -0.15) is 0 Å². The fraction of sp³-hybridized carbons (Fsp3) is 0.269. The maximum Gasteiger partial charge on any atom is 0.265 e. The highest BCUT2D eigenvalue weighted by Crippen LogP contribution is 2.43. The predicted molar refractivity (Wildman–Crippen MR) is 128 cm³/mol. The number of hydrogen-bond donors (Lipinski definition) is 1. The second kappa shape index (κ2) is 8.43. The molecule has 3 aromatic carbocycles. The number of benzene rings is 3. The summed E-state index contributed by atoms with van der Waals surface area (Å²) in [5, 5.41) is 2.94. The average Bonchev–Trinajstić information content (AvgIpc) is 2.76. The summed E-state index contributed by atoms with van der Waals surface area (Å²) in [4.78, 5) is 13.2. The number of nitrogens with one attached hydrogen (secondary N) is 1. The highest BCUT2D eigenvalue weighted by atomic mass is 32.2. The normalized spacial score (nSPS) is 15.1. The molecule has 0 saturated carbocycles. The molecule has 0 saturated heterocycles. The number of amides is 1. The van der Waals surface area contributed by atoms with Crippen molar-refractivity contribution in [2.75, 3.05) is 10.8 Å². The third-order valence-corrected chi connectivity index (χ3v) is 7.76. The number of aryl methyl sites for hydroxylation is 1. The van der Waals surface area contributed by atoms with Crippen LogP contribution in [0.5, 0.6) is 0 Å². The van der Waals surface area contributed by atoms with Crippen LogP contribution in [0.2, 0.25) is 0 Å². The molecule has 0 bridgehead atoms. The van der Waals surface area contributed by atoms with Gasteiger partial charge < -0.3 is 5.32 Å². The first-order valence-electron chi connectivity index (χ1n) is 10.8. The maximum atomic E-state index is 13.5. The van der Waals surface area contributed by atoms with Crippen molar-refractivity contribution < 1.29 is 13.2 Å². The van der Waals surface area contributed by atoms with Crippen LogP contribution in [0.25, 0.3) is 11.1 Å². The summed E-state index contributed by atoms with van der Waals surface area (Å²) in [6.45, 7) is 7.83. The number of nitrogens with zero attached hydrogens (tertiary/aromatic N) is 1. The summed E-state index contributed by atoms with van der Waals surface area (Å²) in [7, 11) is -3.86. The maximum absolute atomic E-state index is 13.5. The Morgan fingerprint density at radius 3 is 2.25 bits per heavy atom. The highest BCUT2D eigenvalue weighted by molar-refractivity contribution is 7.93. The van der Waals surface area contributed by atoms with E-state index in [0.29, 0.717) is 17.2 Å². The Labute approximate surface area is 190 Å². The largest absolute Gasteiger partial charge is 0.348 e. The molecule has 4 rings (SSSR count). The summed E-state index contributed by atoms with van der Waals surface area (Å²) in [6, 6.07) is 20.5. The van der Waals surface area contributed by atoms with Gasteiger partial charge in [-0.15, -0.1) is 0 Å². The lowest BCUT2D eigenvalue weighted by molar-refractivity contribution is -0.120. The lowest BCUT2D eigenvalue weighted by Gasteiger charge is -2.32. The average molecular weight is 449 g/mol. The van der Waals surface area contributed by atoms with E-state index in [1.807, 2.05) is 68.4 Å². The lowest BCUT2D eigenvalue weighted by atomic mass is 9.95. The topological polar surface area (TPSA) is 66.5 Å². The fourth-order valence-corrected chi connectivity index (χ4v) is 5.68. The molecule has 0 aromatic heterocycles. The van der Waals surface area contributed by atoms with E-state index < -0.39 is 10.0 Å². The summed E-state index contributed by atoms with van der Waals surface area (Å²) in [5.74, 6) is -0.0435. The third kappa shape index (κ3) is 4.02. The first-order valence-corrected chi connectivity index (χ1v) is 12.2. The number of carbonyl (C=O) groups excluding carboxylic acids is 1. The first kappa shape index (κ1) is 22.1. The van der Waals surface area contributed by atoms with Crippen LogP contribution in [0.3, 0.4) is 0 Å². The van der Waals surface area contributed by atoms with Crippen LogP contribution >= 0.6 is 0 Å². The van der Waals surface area contributed by atoms with E-state index in [0.717, 1.165) is 22.3 Å². The molecule has 0 spiro atoms. The Balaban J connectivity index is 1.68. The van der Waals surface area contributed by atoms with E-state index >= 15 is 0 Å². The molecule has 3 aromatic rings. The molecule has 1 aliphatic heterocycles. The van der Waals surface area contributed by atoms with Gasteiger partial charge in [0.25, 0.3) is 10.0 Å². The van der Waals surface area contributed by atoms with Crippen LogP contribution in [-0.4, -0.2) is 20.9 Å². The molecule has 0 radical (unpaired) electrons. The van der Waals surface area contributed by atoms with Crippen molar-refractivity contribution in [1.29, 1.82) is 0 Å². The molecule has 166 valence electrons. The second-order valence-corrected chi connectivity index (χ2v) is 10.5. The van der Waals surface area contributed by atoms with Crippen LogP contribution in [0.1, 0.15) is 49.4 Å². The summed E-state index contributed by atoms with van der Waals surface area (Å²) >= 11 is 0. The Kier molecular flexibility index (Phi) is 5.82. The van der Waals surface area contributed by atoms with Crippen LogP contribution in [-0.2, 0) is 14.8 Å². The summed E-state index contributed by atoms with van der Waals surface area (Å²) in [6.07, 6.45) is 0. The monoisotopic (exact) mass is 448 g/mol. The van der Waals surface area contributed by atoms with E-state index in [9.17, 15) is 13.2 Å². The molecule has 32 heavy (non-hydrogen) atoms. The molecule has 1 amide bonds. The van der Waals surface area contributed by atoms with E-state index in [4.69, 9.17) is 0 Å². The van der Waals surface area contributed by atoms with Gasteiger partial charge in [-0.05, 0) is 49.1 Å². The second-order valence-electron chi connectivity index (χ2n) is 8.64. The Morgan fingerprint density at radius 2 is 1.56 bits per heavy atom. The van der Waals surface area contributed by atoms with Crippen molar-refractivity contribution in [2.45, 2.75) is 44.6 Å². The molecule has 1 atom stereocenters. The van der Waals surface area contributed by atoms with Crippen molar-refractivity contribution in [2.24, 2.45) is 0 Å². The van der Waals surface area contributed by atoms with Gasteiger partial charge >= 0.3 is 0 Å². The SMILES string of the molecule is Cc1ccc(C(C)NC(=O)CN2c3ccc(C(C)C)cc3-c3ccccc3S2(=O)=O)cc1. The van der Waals surface area contributed by atoms with E-state index in [2.05, 4.69) is 19.2 Å². The van der Waals surface area contributed by atoms with Crippen LogP contribution in [0, 0.1) is 6.92 Å². The smallest absolute Gasteiger partial charge is 0.265 e. The molecule has 0 aliphatic carbocycles. The van der Waals surface area contributed by atoms with Gasteiger partial charge in [0.05, 0.1) is 16.6 Å². The van der Waals surface area contributed by atoms with Crippen LogP contribution in [0.15, 0.2) is 71.6 Å².